The van der Waals surface area contributed by atoms with Crippen LogP contribution in [0, 0.1) is 0 Å². The molecule has 1 aliphatic carbocycles. The number of hydrogen-bond donors (Lipinski definition) is 1. The lowest BCUT2D eigenvalue weighted by Gasteiger charge is -2.38. The molecule has 0 radical (unpaired) electrons. The van der Waals surface area contributed by atoms with Crippen LogP contribution < -0.4 is 15.0 Å². The molecule has 4 nitrogen and oxygen atoms in total. The summed E-state index contributed by atoms with van der Waals surface area (Å²) in [5.41, 5.74) is 4.48. The normalized spacial score (nSPS) is 18.0. The maximum absolute atomic E-state index is 13.2. The lowest BCUT2D eigenvalue weighted by Crippen LogP contribution is -2.45. The second kappa shape index (κ2) is 7.56. The van der Waals surface area contributed by atoms with E-state index in [0.717, 1.165) is 41.3 Å². The van der Waals surface area contributed by atoms with Crippen molar-refractivity contribution >= 4 is 22.2 Å². The molecule has 1 aromatic heterocycles. The topological polar surface area (TPSA) is 41.6 Å². The summed E-state index contributed by atoms with van der Waals surface area (Å²) >= 11 is 1.82. The van der Waals surface area contributed by atoms with Crippen LogP contribution in [0.2, 0.25) is 0 Å². The number of methoxy groups -OCH3 is 1. The molecule has 5 rings (SSSR count). The van der Waals surface area contributed by atoms with Crippen molar-refractivity contribution in [3.63, 3.8) is 0 Å². The molecule has 1 unspecified atom stereocenters. The number of benzene rings is 2. The lowest BCUT2D eigenvalue weighted by atomic mass is 9.94. The number of carbonyl (C=O) groups excluding carboxylic acids is 1. The summed E-state index contributed by atoms with van der Waals surface area (Å²) in [6, 6.07) is 18.5. The van der Waals surface area contributed by atoms with Crippen LogP contribution in [0.25, 0.3) is 0 Å². The zero-order valence-corrected chi connectivity index (χ0v) is 17.3. The third-order valence-corrected chi connectivity index (χ3v) is 7.18. The molecule has 5 heteroatoms. The molecule has 1 amide bonds. The van der Waals surface area contributed by atoms with Gasteiger partial charge in [0, 0.05) is 11.4 Å². The van der Waals surface area contributed by atoms with Gasteiger partial charge in [-0.2, -0.15) is 0 Å². The van der Waals surface area contributed by atoms with Gasteiger partial charge in [0.25, 0.3) is 5.91 Å². The fraction of sp³-hybridized carbons (Fsp3) is 0.292. The van der Waals surface area contributed by atoms with Crippen LogP contribution in [0.4, 0.5) is 5.00 Å². The number of thiophene rings is 1. The van der Waals surface area contributed by atoms with Crippen molar-refractivity contribution in [3.05, 3.63) is 81.7 Å². The minimum absolute atomic E-state index is 0.0597. The van der Waals surface area contributed by atoms with Crippen LogP contribution in [0.15, 0.2) is 54.6 Å². The Hall–Kier alpha value is -2.79. The predicted molar refractivity (Wildman–Crippen MR) is 117 cm³/mol. The number of anilines is 1. The summed E-state index contributed by atoms with van der Waals surface area (Å²) in [6.45, 7) is 0.754. The van der Waals surface area contributed by atoms with Gasteiger partial charge in [0.05, 0.1) is 12.7 Å². The lowest BCUT2D eigenvalue weighted by molar-refractivity contribution is 0.0925. The molecule has 1 aliphatic heterocycles. The minimum Gasteiger partial charge on any atom is -0.497 e. The van der Waals surface area contributed by atoms with Gasteiger partial charge in [0.2, 0.25) is 0 Å². The molecular formula is C24H24N2O2S. The molecule has 29 heavy (non-hydrogen) atoms. The fourth-order valence-corrected chi connectivity index (χ4v) is 5.78. The Morgan fingerprint density at radius 1 is 1.07 bits per heavy atom. The number of rotatable bonds is 4. The Morgan fingerprint density at radius 2 is 1.83 bits per heavy atom. The number of amides is 1. The third-order valence-electron chi connectivity index (χ3n) is 5.85. The molecule has 2 heterocycles. The maximum Gasteiger partial charge on any atom is 0.256 e. The van der Waals surface area contributed by atoms with Crippen LogP contribution in [-0.2, 0) is 19.4 Å². The molecular weight excluding hydrogens is 380 g/mol. The van der Waals surface area contributed by atoms with Gasteiger partial charge in [0.15, 0.2) is 0 Å². The molecule has 1 atom stereocenters. The molecule has 0 saturated heterocycles. The van der Waals surface area contributed by atoms with Crippen LogP contribution in [0.1, 0.15) is 50.9 Å². The van der Waals surface area contributed by atoms with Gasteiger partial charge in [-0.25, -0.2) is 0 Å². The molecule has 148 valence electrons. The minimum atomic E-state index is -0.193. The number of aryl methyl sites for hydroxylation is 1. The molecule has 1 N–H and O–H groups in total. The second-order valence-electron chi connectivity index (χ2n) is 7.65. The summed E-state index contributed by atoms with van der Waals surface area (Å²) in [4.78, 5) is 16.9. The number of nitrogens with one attached hydrogen (secondary N) is 1. The first-order valence-electron chi connectivity index (χ1n) is 10.1. The summed E-state index contributed by atoms with van der Waals surface area (Å²) < 4.78 is 5.31. The van der Waals surface area contributed by atoms with Crippen molar-refractivity contribution in [2.24, 2.45) is 0 Å². The Balaban J connectivity index is 1.60. The van der Waals surface area contributed by atoms with Crippen LogP contribution >= 0.6 is 11.3 Å². The highest BCUT2D eigenvalue weighted by Crippen LogP contribution is 2.45. The molecule has 2 aliphatic rings. The predicted octanol–water partition coefficient (Wildman–Crippen LogP) is 5.08. The number of fused-ring (bicyclic) bond motifs is 3. The van der Waals surface area contributed by atoms with Gasteiger partial charge in [0.1, 0.15) is 16.9 Å². The zero-order chi connectivity index (χ0) is 19.8. The monoisotopic (exact) mass is 404 g/mol. The van der Waals surface area contributed by atoms with Gasteiger partial charge in [-0.05, 0) is 54.5 Å². The molecule has 3 aromatic rings. The van der Waals surface area contributed by atoms with Crippen molar-refractivity contribution in [2.45, 2.75) is 38.4 Å². The van der Waals surface area contributed by atoms with E-state index in [-0.39, 0.29) is 12.1 Å². The zero-order valence-electron chi connectivity index (χ0n) is 16.5. The van der Waals surface area contributed by atoms with E-state index in [4.69, 9.17) is 4.74 Å². The van der Waals surface area contributed by atoms with Crippen molar-refractivity contribution in [3.8, 4) is 5.75 Å². The molecule has 0 bridgehead atoms. The molecule has 0 saturated carbocycles. The Labute approximate surface area is 175 Å². The quantitative estimate of drug-likeness (QED) is 0.659. The van der Waals surface area contributed by atoms with Gasteiger partial charge in [-0.3, -0.25) is 4.79 Å². The van der Waals surface area contributed by atoms with E-state index in [0.29, 0.717) is 0 Å². The number of ether oxygens (including phenoxy) is 1. The van der Waals surface area contributed by atoms with E-state index < -0.39 is 0 Å². The number of nitrogens with zero attached hydrogens (tertiary/aromatic N) is 1. The largest absolute Gasteiger partial charge is 0.497 e. The SMILES string of the molecule is COc1ccc(C2NC(=O)c3c(sc4c3CCCC4)N2Cc2ccccc2)cc1. The Morgan fingerprint density at radius 3 is 2.59 bits per heavy atom. The number of carbonyl (C=O) groups is 1. The van der Waals surface area contributed by atoms with E-state index in [1.54, 1.807) is 7.11 Å². The van der Waals surface area contributed by atoms with Gasteiger partial charge in [-0.1, -0.05) is 42.5 Å². The average molecular weight is 405 g/mol. The van der Waals surface area contributed by atoms with Crippen molar-refractivity contribution in [2.75, 3.05) is 12.0 Å². The summed E-state index contributed by atoms with van der Waals surface area (Å²) in [6.07, 6.45) is 4.30. The standard InChI is InChI=1S/C24H24N2O2S/c1-28-18-13-11-17(12-14-18)22-25-23(27)21-19-9-5-6-10-20(19)29-24(21)26(22)15-16-7-3-2-4-8-16/h2-4,7-8,11-14,22H,5-6,9-10,15H2,1H3,(H,25,27). The summed E-state index contributed by atoms with van der Waals surface area (Å²) in [7, 11) is 1.67. The van der Waals surface area contributed by atoms with Crippen LogP contribution in [0.3, 0.4) is 0 Å². The van der Waals surface area contributed by atoms with Gasteiger partial charge >= 0.3 is 0 Å². The van der Waals surface area contributed by atoms with E-state index in [1.807, 2.05) is 41.7 Å². The highest BCUT2D eigenvalue weighted by molar-refractivity contribution is 7.16. The first kappa shape index (κ1) is 18.3. The average Bonchev–Trinajstić information content (AvgIpc) is 3.17. The highest BCUT2D eigenvalue weighted by atomic mass is 32.1. The van der Waals surface area contributed by atoms with E-state index in [9.17, 15) is 4.79 Å². The Kier molecular flexibility index (Phi) is 4.76. The highest BCUT2D eigenvalue weighted by Gasteiger charge is 2.37. The summed E-state index contributed by atoms with van der Waals surface area (Å²) in [5.74, 6) is 0.877. The fourth-order valence-electron chi connectivity index (χ4n) is 4.37. The van der Waals surface area contributed by atoms with E-state index in [2.05, 4.69) is 34.5 Å². The molecule has 0 spiro atoms. The summed E-state index contributed by atoms with van der Waals surface area (Å²) in [5, 5.41) is 4.40. The smallest absolute Gasteiger partial charge is 0.256 e. The van der Waals surface area contributed by atoms with Crippen molar-refractivity contribution in [1.82, 2.24) is 5.32 Å². The number of hydrogen-bond acceptors (Lipinski definition) is 4. The Bertz CT molecular complexity index is 1030. The van der Waals surface area contributed by atoms with Gasteiger partial charge in [-0.15, -0.1) is 11.3 Å². The third kappa shape index (κ3) is 3.29. The van der Waals surface area contributed by atoms with E-state index in [1.165, 1.54) is 28.8 Å². The van der Waals surface area contributed by atoms with E-state index >= 15 is 0 Å². The van der Waals surface area contributed by atoms with Crippen LogP contribution in [-0.4, -0.2) is 13.0 Å². The molecule has 2 aromatic carbocycles. The second-order valence-corrected chi connectivity index (χ2v) is 8.74. The van der Waals surface area contributed by atoms with Gasteiger partial charge < -0.3 is 15.0 Å². The van der Waals surface area contributed by atoms with Crippen molar-refractivity contribution in [1.29, 1.82) is 0 Å². The maximum atomic E-state index is 13.2. The van der Waals surface area contributed by atoms with Crippen LogP contribution in [0.5, 0.6) is 5.75 Å². The first-order valence-corrected chi connectivity index (χ1v) is 11.0. The van der Waals surface area contributed by atoms with Crippen molar-refractivity contribution < 1.29 is 9.53 Å². The molecule has 0 fully saturated rings. The first-order chi connectivity index (χ1) is 14.2.